The molecule has 12 heteroatoms. The average molecular weight is 469 g/mol. The zero-order chi connectivity index (χ0) is 21.9. The molecule has 0 atom stereocenters. The number of amides is 1. The smallest absolute Gasteiger partial charge is 0.230 e. The van der Waals surface area contributed by atoms with Crippen LogP contribution in [0.1, 0.15) is 38.0 Å². The largest absolute Gasteiger partial charge is 0.351 e. The van der Waals surface area contributed by atoms with Crippen molar-refractivity contribution in [3.05, 3.63) is 45.5 Å². The fourth-order valence-electron chi connectivity index (χ4n) is 2.57. The van der Waals surface area contributed by atoms with Crippen LogP contribution in [0.5, 0.6) is 0 Å². The highest BCUT2D eigenvalue weighted by Gasteiger charge is 2.17. The fourth-order valence-corrected chi connectivity index (χ4v) is 3.77. The summed E-state index contributed by atoms with van der Waals surface area (Å²) in [5, 5.41) is 25.6. The molecule has 3 aromatic rings. The normalized spacial score (nSPS) is 11.7. The van der Waals surface area contributed by atoms with Crippen molar-refractivity contribution < 1.29 is 4.79 Å². The highest BCUT2D eigenvalue weighted by Crippen LogP contribution is 2.21. The summed E-state index contributed by atoms with van der Waals surface area (Å²) in [4.78, 5) is 13.5. The molecule has 0 radical (unpaired) electrons. The van der Waals surface area contributed by atoms with Crippen LogP contribution >= 0.6 is 35.0 Å². The van der Waals surface area contributed by atoms with Gasteiger partial charge in [-0.3, -0.25) is 4.79 Å². The van der Waals surface area contributed by atoms with E-state index in [9.17, 15) is 4.79 Å². The lowest BCUT2D eigenvalue weighted by Crippen LogP contribution is -2.41. The number of nitrogens with zero attached hydrogens (tertiary/aromatic N) is 7. The number of benzene rings is 1. The van der Waals surface area contributed by atoms with Gasteiger partial charge in [-0.1, -0.05) is 41.0 Å². The van der Waals surface area contributed by atoms with Gasteiger partial charge in [0, 0.05) is 22.6 Å². The molecular weight excluding hydrogens is 447 g/mol. The van der Waals surface area contributed by atoms with E-state index in [-0.39, 0.29) is 17.2 Å². The lowest BCUT2D eigenvalue weighted by Gasteiger charge is -2.20. The molecule has 0 aliphatic rings. The molecular formula is C18H22Cl2N8OS. The van der Waals surface area contributed by atoms with E-state index in [2.05, 4.69) is 30.9 Å². The minimum Gasteiger partial charge on any atom is -0.351 e. The standard InChI is InChI=1S/C18H22Cl2N8OS/c1-18(2,3)21-16(29)10-30-17-24-23-15(27(17)4)8-14-22-26-28(25-14)9-11-5-6-12(19)7-13(11)20/h5-7H,8-10H2,1-4H3,(H,21,29). The van der Waals surface area contributed by atoms with E-state index >= 15 is 0 Å². The van der Waals surface area contributed by atoms with Crippen molar-refractivity contribution in [3.8, 4) is 0 Å². The lowest BCUT2D eigenvalue weighted by molar-refractivity contribution is -0.119. The van der Waals surface area contributed by atoms with Gasteiger partial charge in [0.2, 0.25) is 5.91 Å². The highest BCUT2D eigenvalue weighted by atomic mass is 35.5. The zero-order valence-electron chi connectivity index (χ0n) is 17.1. The molecule has 0 saturated heterocycles. The second-order valence-electron chi connectivity index (χ2n) is 7.69. The first-order chi connectivity index (χ1) is 14.1. The van der Waals surface area contributed by atoms with Crippen molar-refractivity contribution in [1.29, 1.82) is 0 Å². The molecule has 1 aromatic carbocycles. The van der Waals surface area contributed by atoms with Gasteiger partial charge in [-0.05, 0) is 43.7 Å². The van der Waals surface area contributed by atoms with E-state index < -0.39 is 0 Å². The average Bonchev–Trinajstić information content (AvgIpc) is 3.22. The minimum absolute atomic E-state index is 0.0532. The highest BCUT2D eigenvalue weighted by molar-refractivity contribution is 7.99. The molecule has 0 aliphatic carbocycles. The molecule has 3 rings (SSSR count). The summed E-state index contributed by atoms with van der Waals surface area (Å²) in [5.74, 6) is 1.40. The Morgan fingerprint density at radius 2 is 1.97 bits per heavy atom. The fraction of sp³-hybridized carbons (Fsp3) is 0.444. The molecule has 2 aromatic heterocycles. The number of hydrogen-bond donors (Lipinski definition) is 1. The minimum atomic E-state index is -0.267. The molecule has 1 amide bonds. The van der Waals surface area contributed by atoms with Crippen molar-refractivity contribution in [2.24, 2.45) is 7.05 Å². The van der Waals surface area contributed by atoms with Crippen LogP contribution in [0.25, 0.3) is 0 Å². The third kappa shape index (κ3) is 6.16. The number of tetrazole rings is 1. The summed E-state index contributed by atoms with van der Waals surface area (Å²) in [6.45, 7) is 6.21. The quantitative estimate of drug-likeness (QED) is 0.531. The number of nitrogens with one attached hydrogen (secondary N) is 1. The van der Waals surface area contributed by atoms with Crippen molar-refractivity contribution in [1.82, 2.24) is 40.3 Å². The second-order valence-corrected chi connectivity index (χ2v) is 9.48. The third-order valence-electron chi connectivity index (χ3n) is 3.91. The Kier molecular flexibility index (Phi) is 6.99. The maximum Gasteiger partial charge on any atom is 0.230 e. The predicted molar refractivity (Wildman–Crippen MR) is 116 cm³/mol. The summed E-state index contributed by atoms with van der Waals surface area (Å²) < 4.78 is 1.83. The van der Waals surface area contributed by atoms with Gasteiger partial charge in [0.25, 0.3) is 0 Å². The summed E-state index contributed by atoms with van der Waals surface area (Å²) >= 11 is 13.5. The number of carbonyl (C=O) groups excluding carboxylic acids is 1. The maximum atomic E-state index is 12.0. The van der Waals surface area contributed by atoms with Crippen LogP contribution in [0.2, 0.25) is 10.0 Å². The van der Waals surface area contributed by atoms with E-state index in [1.165, 1.54) is 16.6 Å². The van der Waals surface area contributed by atoms with Crippen LogP contribution in [0, 0.1) is 0 Å². The van der Waals surface area contributed by atoms with E-state index in [1.54, 1.807) is 12.1 Å². The molecule has 0 saturated carbocycles. The number of rotatable bonds is 7. The molecule has 30 heavy (non-hydrogen) atoms. The molecule has 0 fully saturated rings. The molecule has 0 bridgehead atoms. The topological polar surface area (TPSA) is 103 Å². The first-order valence-electron chi connectivity index (χ1n) is 9.13. The Balaban J connectivity index is 1.60. The van der Waals surface area contributed by atoms with Gasteiger partial charge < -0.3 is 9.88 Å². The van der Waals surface area contributed by atoms with Crippen molar-refractivity contribution in [3.63, 3.8) is 0 Å². The van der Waals surface area contributed by atoms with Crippen LogP contribution in [-0.4, -0.2) is 52.2 Å². The Bertz CT molecular complexity index is 1040. The van der Waals surface area contributed by atoms with Gasteiger partial charge in [-0.15, -0.1) is 20.4 Å². The Labute approximate surface area is 188 Å². The molecule has 9 nitrogen and oxygen atoms in total. The Morgan fingerprint density at radius 1 is 1.20 bits per heavy atom. The molecule has 0 unspecified atom stereocenters. The van der Waals surface area contributed by atoms with Crippen LogP contribution in [0.4, 0.5) is 0 Å². The summed E-state index contributed by atoms with van der Waals surface area (Å²) in [6, 6.07) is 5.27. The van der Waals surface area contributed by atoms with Crippen molar-refractivity contribution >= 4 is 40.9 Å². The van der Waals surface area contributed by atoms with Gasteiger partial charge in [0.05, 0.1) is 18.7 Å². The number of thioether (sulfide) groups is 1. The van der Waals surface area contributed by atoms with E-state index in [1.807, 2.05) is 38.5 Å². The predicted octanol–water partition coefficient (Wildman–Crippen LogP) is 2.75. The summed E-state index contributed by atoms with van der Waals surface area (Å²) in [7, 11) is 1.84. The van der Waals surface area contributed by atoms with Crippen LogP contribution < -0.4 is 5.32 Å². The van der Waals surface area contributed by atoms with Gasteiger partial charge >= 0.3 is 0 Å². The van der Waals surface area contributed by atoms with Crippen LogP contribution in [-0.2, 0) is 24.8 Å². The number of carbonyl (C=O) groups is 1. The Hall–Kier alpha value is -2.17. The summed E-state index contributed by atoms with van der Waals surface area (Å²) in [5.41, 5.74) is 0.576. The van der Waals surface area contributed by atoms with E-state index in [0.29, 0.717) is 39.8 Å². The molecule has 0 spiro atoms. The third-order valence-corrected chi connectivity index (χ3v) is 5.52. The first-order valence-corrected chi connectivity index (χ1v) is 10.9. The number of hydrogen-bond acceptors (Lipinski definition) is 7. The van der Waals surface area contributed by atoms with Gasteiger partial charge in [0.15, 0.2) is 11.0 Å². The van der Waals surface area contributed by atoms with E-state index in [0.717, 1.165) is 5.56 Å². The Morgan fingerprint density at radius 3 is 2.67 bits per heavy atom. The second kappa shape index (κ2) is 9.32. The molecule has 0 aliphatic heterocycles. The molecule has 2 heterocycles. The van der Waals surface area contributed by atoms with E-state index in [4.69, 9.17) is 23.2 Å². The van der Waals surface area contributed by atoms with Crippen molar-refractivity contribution in [2.45, 2.75) is 44.4 Å². The molecule has 160 valence electrons. The number of halogens is 2. The lowest BCUT2D eigenvalue weighted by atomic mass is 10.1. The summed E-state index contributed by atoms with van der Waals surface area (Å²) in [6.07, 6.45) is 0.368. The SMILES string of the molecule is Cn1c(Cc2nnn(Cc3ccc(Cl)cc3Cl)n2)nnc1SCC(=O)NC(C)(C)C. The van der Waals surface area contributed by atoms with Crippen LogP contribution in [0.15, 0.2) is 23.4 Å². The first kappa shape index (κ1) is 22.5. The van der Waals surface area contributed by atoms with Gasteiger partial charge in [-0.25, -0.2) is 0 Å². The maximum absolute atomic E-state index is 12.0. The van der Waals surface area contributed by atoms with Crippen LogP contribution in [0.3, 0.4) is 0 Å². The van der Waals surface area contributed by atoms with Crippen molar-refractivity contribution in [2.75, 3.05) is 5.75 Å². The number of aromatic nitrogens is 7. The zero-order valence-corrected chi connectivity index (χ0v) is 19.4. The molecule has 1 N–H and O–H groups in total. The van der Waals surface area contributed by atoms with Gasteiger partial charge in [-0.2, -0.15) is 4.80 Å². The van der Waals surface area contributed by atoms with Gasteiger partial charge in [0.1, 0.15) is 5.82 Å². The monoisotopic (exact) mass is 468 g/mol.